The Morgan fingerprint density at radius 3 is 2.68 bits per heavy atom. The van der Waals surface area contributed by atoms with Crippen LogP contribution in [0.3, 0.4) is 0 Å². The van der Waals surface area contributed by atoms with E-state index in [-0.39, 0.29) is 6.04 Å². The molecule has 0 aromatic heterocycles. The molecule has 3 nitrogen and oxygen atoms in total. The minimum atomic E-state index is 0.191. The average molecular weight is 265 g/mol. The van der Waals surface area contributed by atoms with Crippen molar-refractivity contribution < 1.29 is 9.47 Å². The van der Waals surface area contributed by atoms with Crippen LogP contribution in [0.4, 0.5) is 0 Å². The first-order valence-corrected chi connectivity index (χ1v) is 7.18. The molecule has 0 saturated carbocycles. The summed E-state index contributed by atoms with van der Waals surface area (Å²) >= 11 is 0. The van der Waals surface area contributed by atoms with Gasteiger partial charge in [0.15, 0.2) is 0 Å². The van der Waals surface area contributed by atoms with Crippen LogP contribution in [0, 0.1) is 6.92 Å². The third kappa shape index (κ3) is 5.21. The summed E-state index contributed by atoms with van der Waals surface area (Å²) in [6, 6.07) is 6.47. The smallest absolute Gasteiger partial charge is 0.123 e. The highest BCUT2D eigenvalue weighted by Gasteiger charge is 2.15. The zero-order valence-corrected chi connectivity index (χ0v) is 12.7. The molecule has 0 spiro atoms. The number of benzene rings is 1. The van der Waals surface area contributed by atoms with Crippen molar-refractivity contribution in [3.63, 3.8) is 0 Å². The maximum Gasteiger partial charge on any atom is 0.123 e. The van der Waals surface area contributed by atoms with Gasteiger partial charge in [-0.15, -0.1) is 0 Å². The first-order chi connectivity index (χ1) is 9.22. The second-order valence-corrected chi connectivity index (χ2v) is 4.78. The molecule has 0 amide bonds. The lowest BCUT2D eigenvalue weighted by Crippen LogP contribution is -2.26. The monoisotopic (exact) mass is 265 g/mol. The Balaban J connectivity index is 2.76. The number of hydrogen-bond acceptors (Lipinski definition) is 3. The van der Waals surface area contributed by atoms with Crippen molar-refractivity contribution in [3.8, 4) is 5.75 Å². The molecule has 1 aromatic carbocycles. The van der Waals surface area contributed by atoms with E-state index in [0.29, 0.717) is 6.61 Å². The highest BCUT2D eigenvalue weighted by molar-refractivity contribution is 5.39. The van der Waals surface area contributed by atoms with Crippen molar-refractivity contribution in [1.29, 1.82) is 0 Å². The summed E-state index contributed by atoms with van der Waals surface area (Å²) in [5, 5.41) is 3.47. The van der Waals surface area contributed by atoms with Crippen molar-refractivity contribution in [2.75, 3.05) is 26.9 Å². The van der Waals surface area contributed by atoms with E-state index in [1.807, 2.05) is 6.07 Å². The second kappa shape index (κ2) is 8.94. The molecule has 1 atom stereocenters. The Kier molecular flexibility index (Phi) is 7.53. The van der Waals surface area contributed by atoms with Gasteiger partial charge in [0.2, 0.25) is 0 Å². The predicted molar refractivity (Wildman–Crippen MR) is 79.9 cm³/mol. The molecule has 1 aromatic rings. The van der Waals surface area contributed by atoms with Gasteiger partial charge in [0.25, 0.3) is 0 Å². The van der Waals surface area contributed by atoms with Gasteiger partial charge >= 0.3 is 0 Å². The second-order valence-electron chi connectivity index (χ2n) is 4.78. The lowest BCUT2D eigenvalue weighted by Gasteiger charge is -2.21. The minimum Gasteiger partial charge on any atom is -0.496 e. The van der Waals surface area contributed by atoms with Crippen LogP contribution in [0.15, 0.2) is 18.2 Å². The lowest BCUT2D eigenvalue weighted by atomic mass is 10.0. The molecule has 1 N–H and O–H groups in total. The van der Waals surface area contributed by atoms with Gasteiger partial charge in [-0.25, -0.2) is 0 Å². The molecule has 1 unspecified atom stereocenters. The van der Waals surface area contributed by atoms with Crippen molar-refractivity contribution in [2.24, 2.45) is 0 Å². The Hall–Kier alpha value is -1.06. The molecule has 0 radical (unpaired) electrons. The maximum absolute atomic E-state index is 5.76. The molecule has 0 aliphatic heterocycles. The summed E-state index contributed by atoms with van der Waals surface area (Å²) in [5.41, 5.74) is 2.42. The molecule has 19 heavy (non-hydrogen) atoms. The van der Waals surface area contributed by atoms with Crippen molar-refractivity contribution >= 4 is 0 Å². The molecule has 0 heterocycles. The molecular formula is C16H27NO2. The minimum absolute atomic E-state index is 0.191. The van der Waals surface area contributed by atoms with Gasteiger partial charge in [0.05, 0.1) is 19.8 Å². The molecule has 1 rings (SSSR count). The standard InChI is InChI=1S/C16H27NO2/c1-5-7-10-19-12-15(17-6-2)14-11-13(3)8-9-16(14)18-4/h8-9,11,15,17H,5-7,10,12H2,1-4H3. The first kappa shape index (κ1) is 16.0. The number of nitrogens with one attached hydrogen (secondary N) is 1. The van der Waals surface area contributed by atoms with E-state index in [2.05, 4.69) is 38.2 Å². The van der Waals surface area contributed by atoms with Crippen LogP contribution >= 0.6 is 0 Å². The fourth-order valence-corrected chi connectivity index (χ4v) is 2.08. The van der Waals surface area contributed by atoms with Gasteiger partial charge in [0.1, 0.15) is 5.75 Å². The number of ether oxygens (including phenoxy) is 2. The zero-order valence-electron chi connectivity index (χ0n) is 12.7. The molecule has 0 saturated heterocycles. The Morgan fingerprint density at radius 2 is 2.05 bits per heavy atom. The Labute approximate surface area is 117 Å². The Morgan fingerprint density at radius 1 is 1.26 bits per heavy atom. The summed E-state index contributed by atoms with van der Waals surface area (Å²) < 4.78 is 11.2. The van der Waals surface area contributed by atoms with E-state index in [1.54, 1.807) is 7.11 Å². The highest BCUT2D eigenvalue weighted by atomic mass is 16.5. The third-order valence-electron chi connectivity index (χ3n) is 3.14. The molecule has 0 aliphatic carbocycles. The lowest BCUT2D eigenvalue weighted by molar-refractivity contribution is 0.108. The van der Waals surface area contributed by atoms with Crippen molar-refractivity contribution in [2.45, 2.75) is 39.7 Å². The fourth-order valence-electron chi connectivity index (χ4n) is 2.08. The summed E-state index contributed by atoms with van der Waals surface area (Å²) in [4.78, 5) is 0. The summed E-state index contributed by atoms with van der Waals surface area (Å²) in [6.07, 6.45) is 2.28. The highest BCUT2D eigenvalue weighted by Crippen LogP contribution is 2.26. The quantitative estimate of drug-likeness (QED) is 0.693. The molecule has 0 aliphatic rings. The maximum atomic E-state index is 5.76. The summed E-state index contributed by atoms with van der Waals surface area (Å²) in [7, 11) is 1.72. The molecule has 0 bridgehead atoms. The normalized spacial score (nSPS) is 12.4. The van der Waals surface area contributed by atoms with E-state index in [1.165, 1.54) is 17.5 Å². The largest absolute Gasteiger partial charge is 0.496 e. The van der Waals surface area contributed by atoms with Crippen LogP contribution in [0.2, 0.25) is 0 Å². The summed E-state index contributed by atoms with van der Waals surface area (Å²) in [5.74, 6) is 0.927. The predicted octanol–water partition coefficient (Wildman–Crippen LogP) is 3.47. The van der Waals surface area contributed by atoms with Crippen molar-refractivity contribution in [3.05, 3.63) is 29.3 Å². The van der Waals surface area contributed by atoms with Crippen LogP contribution in [-0.2, 0) is 4.74 Å². The molecule has 0 fully saturated rings. The number of methoxy groups -OCH3 is 1. The van der Waals surface area contributed by atoms with E-state index in [4.69, 9.17) is 9.47 Å². The van der Waals surface area contributed by atoms with Crippen LogP contribution in [-0.4, -0.2) is 26.9 Å². The van der Waals surface area contributed by atoms with Gasteiger partial charge in [-0.05, 0) is 26.0 Å². The van der Waals surface area contributed by atoms with Crippen LogP contribution < -0.4 is 10.1 Å². The van der Waals surface area contributed by atoms with Crippen molar-refractivity contribution in [1.82, 2.24) is 5.32 Å². The molecular weight excluding hydrogens is 238 g/mol. The van der Waals surface area contributed by atoms with Crippen LogP contribution in [0.1, 0.15) is 43.9 Å². The first-order valence-electron chi connectivity index (χ1n) is 7.18. The Bertz CT molecular complexity index is 366. The number of unbranched alkanes of at least 4 members (excludes halogenated alkanes) is 1. The number of hydrogen-bond donors (Lipinski definition) is 1. The van der Waals surface area contributed by atoms with E-state index < -0.39 is 0 Å². The van der Waals surface area contributed by atoms with Crippen LogP contribution in [0.5, 0.6) is 5.75 Å². The molecule has 108 valence electrons. The number of likely N-dealkylation sites (N-methyl/N-ethyl adjacent to an activating group) is 1. The van der Waals surface area contributed by atoms with Gasteiger partial charge in [-0.2, -0.15) is 0 Å². The molecule has 3 heteroatoms. The van der Waals surface area contributed by atoms with E-state index in [0.717, 1.165) is 25.3 Å². The van der Waals surface area contributed by atoms with Crippen LogP contribution in [0.25, 0.3) is 0 Å². The number of rotatable bonds is 9. The van der Waals surface area contributed by atoms with E-state index in [9.17, 15) is 0 Å². The van der Waals surface area contributed by atoms with Gasteiger partial charge in [-0.3, -0.25) is 0 Å². The SMILES string of the molecule is CCCCOCC(NCC)c1cc(C)ccc1OC. The van der Waals surface area contributed by atoms with Gasteiger partial charge in [-0.1, -0.05) is 38.0 Å². The third-order valence-corrected chi connectivity index (χ3v) is 3.14. The number of aryl methyl sites for hydroxylation is 1. The summed E-state index contributed by atoms with van der Waals surface area (Å²) in [6.45, 7) is 8.82. The topological polar surface area (TPSA) is 30.5 Å². The van der Waals surface area contributed by atoms with E-state index >= 15 is 0 Å². The van der Waals surface area contributed by atoms with Gasteiger partial charge in [0, 0.05) is 12.2 Å². The zero-order chi connectivity index (χ0) is 14.1. The fraction of sp³-hybridized carbons (Fsp3) is 0.625. The average Bonchev–Trinajstić information content (AvgIpc) is 2.42. The van der Waals surface area contributed by atoms with Gasteiger partial charge < -0.3 is 14.8 Å².